The van der Waals surface area contributed by atoms with Gasteiger partial charge in [0.15, 0.2) is 6.29 Å². The monoisotopic (exact) mass is 684 g/mol. The first-order chi connectivity index (χ1) is 24.5. The number of unbranched alkanes of at least 4 members (excludes halogenated alkanes) is 1. The lowest BCUT2D eigenvalue weighted by molar-refractivity contribution is -0.253. The Hall–Kier alpha value is -3.64. The minimum atomic E-state index is -0.511. The average Bonchev–Trinajstić information content (AvgIpc) is 3.85. The highest BCUT2D eigenvalue weighted by Crippen LogP contribution is 2.39. The molecule has 3 aliphatic rings. The van der Waals surface area contributed by atoms with Crippen molar-refractivity contribution < 1.29 is 29.4 Å². The molecule has 268 valence electrons. The minimum Gasteiger partial charge on any atom is -0.392 e. The first-order valence-electron chi connectivity index (χ1n) is 18.3. The van der Waals surface area contributed by atoms with Crippen molar-refractivity contribution >= 4 is 11.8 Å². The fourth-order valence-corrected chi connectivity index (χ4v) is 7.59. The van der Waals surface area contributed by atoms with Gasteiger partial charge < -0.3 is 24.8 Å². The van der Waals surface area contributed by atoms with Crippen molar-refractivity contribution in [1.29, 1.82) is 0 Å². The molecule has 50 heavy (non-hydrogen) atoms. The maximum atomic E-state index is 12.5. The van der Waals surface area contributed by atoms with Gasteiger partial charge in [0.25, 0.3) is 0 Å². The van der Waals surface area contributed by atoms with Crippen molar-refractivity contribution in [2.45, 2.75) is 95.5 Å². The highest BCUT2D eigenvalue weighted by atomic mass is 16.7. The number of carbonyl (C=O) groups is 2. The van der Waals surface area contributed by atoms with Crippen LogP contribution in [0.2, 0.25) is 0 Å². The van der Waals surface area contributed by atoms with Crippen molar-refractivity contribution in [2.24, 2.45) is 0 Å². The summed E-state index contributed by atoms with van der Waals surface area (Å²) in [6.45, 7) is 6.00. The van der Waals surface area contributed by atoms with Crippen LogP contribution in [0.3, 0.4) is 0 Å². The van der Waals surface area contributed by atoms with E-state index in [1.165, 1.54) is 38.8 Å². The van der Waals surface area contributed by atoms with E-state index in [1.807, 2.05) is 30.3 Å². The summed E-state index contributed by atoms with van der Waals surface area (Å²) in [4.78, 5) is 28.9. The number of carbonyl (C=O) groups excluding carboxylic acids is 2. The molecule has 0 aromatic heterocycles. The number of aliphatic hydroxyl groups excluding tert-OH is 1. The molecule has 3 aromatic carbocycles. The molecule has 10 nitrogen and oxygen atoms in total. The summed E-state index contributed by atoms with van der Waals surface area (Å²) in [6, 6.07) is 25.1. The summed E-state index contributed by atoms with van der Waals surface area (Å²) in [7, 11) is 0. The smallest absolute Gasteiger partial charge is 0.243 e. The largest absolute Gasteiger partial charge is 0.392 e. The zero-order valence-corrected chi connectivity index (χ0v) is 29.0. The maximum absolute atomic E-state index is 12.5. The molecule has 2 amide bonds. The molecule has 4 atom stereocenters. The standard InChI is InChI=1S/C40H52N4O6/c45-28-29-13-15-31(16-14-29)37-24-35(27-44-23-7-9-34(44)26-43-21-5-6-22-43)49-40(50-37)32-19-17-30(18-20-32)36-10-2-1-8-33(36)25-41-38(46)11-3-4-12-39(47)42-48/h1-2,8,10,13-20,34-35,37,40,45,48H,3-7,9,11-12,21-28H2,(H,41,46)(H,42,47)/t34-,35+,37-,40-/m0/s1. The number of hydrogen-bond donors (Lipinski definition) is 4. The molecule has 3 fully saturated rings. The van der Waals surface area contributed by atoms with Crippen molar-refractivity contribution in [3.05, 3.63) is 95.1 Å². The van der Waals surface area contributed by atoms with Gasteiger partial charge in [-0.15, -0.1) is 0 Å². The molecule has 10 heteroatoms. The van der Waals surface area contributed by atoms with E-state index in [-0.39, 0.29) is 31.1 Å². The van der Waals surface area contributed by atoms with Crippen LogP contribution in [0.5, 0.6) is 0 Å². The second-order valence-corrected chi connectivity index (χ2v) is 13.9. The third kappa shape index (κ3) is 9.78. The lowest BCUT2D eigenvalue weighted by Gasteiger charge is -2.39. The zero-order valence-electron chi connectivity index (χ0n) is 29.0. The molecular weight excluding hydrogens is 632 g/mol. The van der Waals surface area contributed by atoms with Gasteiger partial charge in [0, 0.05) is 50.5 Å². The van der Waals surface area contributed by atoms with E-state index < -0.39 is 12.2 Å². The van der Waals surface area contributed by atoms with Gasteiger partial charge in [-0.1, -0.05) is 72.8 Å². The molecule has 0 radical (unpaired) electrons. The van der Waals surface area contributed by atoms with Gasteiger partial charge in [0.05, 0.1) is 18.8 Å². The van der Waals surface area contributed by atoms with Crippen LogP contribution in [-0.2, 0) is 32.2 Å². The zero-order chi connectivity index (χ0) is 34.7. The summed E-state index contributed by atoms with van der Waals surface area (Å²) in [5.41, 5.74) is 7.66. The number of hydrogen-bond acceptors (Lipinski definition) is 8. The Morgan fingerprint density at radius 2 is 1.52 bits per heavy atom. The summed E-state index contributed by atoms with van der Waals surface area (Å²) in [6.07, 6.45) is 6.87. The van der Waals surface area contributed by atoms with Crippen molar-refractivity contribution in [3.8, 4) is 11.1 Å². The molecule has 4 N–H and O–H groups in total. The molecule has 0 spiro atoms. The molecule has 3 heterocycles. The molecule has 3 aromatic rings. The molecule has 0 unspecified atom stereocenters. The molecular formula is C40H52N4O6. The van der Waals surface area contributed by atoms with Gasteiger partial charge in [-0.2, -0.15) is 0 Å². The van der Waals surface area contributed by atoms with E-state index in [2.05, 4.69) is 57.6 Å². The lowest BCUT2D eigenvalue weighted by Crippen LogP contribution is -2.45. The van der Waals surface area contributed by atoms with Crippen molar-refractivity contribution in [2.75, 3.05) is 32.7 Å². The average molecular weight is 685 g/mol. The van der Waals surface area contributed by atoms with E-state index in [1.54, 1.807) is 5.48 Å². The number of hydroxylamine groups is 1. The number of ether oxygens (including phenoxy) is 2. The van der Waals surface area contributed by atoms with Gasteiger partial charge in [0.2, 0.25) is 11.8 Å². The van der Waals surface area contributed by atoms with Crippen molar-refractivity contribution in [1.82, 2.24) is 20.6 Å². The van der Waals surface area contributed by atoms with Crippen LogP contribution in [0.25, 0.3) is 11.1 Å². The molecule has 6 rings (SSSR count). The van der Waals surface area contributed by atoms with Crippen LogP contribution in [0.15, 0.2) is 72.8 Å². The van der Waals surface area contributed by atoms with Gasteiger partial charge in [-0.25, -0.2) is 5.48 Å². The van der Waals surface area contributed by atoms with E-state index in [4.69, 9.17) is 14.7 Å². The first-order valence-corrected chi connectivity index (χ1v) is 18.3. The summed E-state index contributed by atoms with van der Waals surface area (Å²) < 4.78 is 13.4. The predicted molar refractivity (Wildman–Crippen MR) is 191 cm³/mol. The van der Waals surface area contributed by atoms with Gasteiger partial charge in [-0.05, 0) is 86.0 Å². The third-order valence-electron chi connectivity index (χ3n) is 10.4. The number of benzene rings is 3. The highest BCUT2D eigenvalue weighted by Gasteiger charge is 2.36. The van der Waals surface area contributed by atoms with Gasteiger partial charge >= 0.3 is 0 Å². The number of likely N-dealkylation sites (tertiary alicyclic amines) is 2. The topological polar surface area (TPSA) is 124 Å². The summed E-state index contributed by atoms with van der Waals surface area (Å²) in [5.74, 6) is -0.513. The Labute approximate surface area is 295 Å². The van der Waals surface area contributed by atoms with Crippen LogP contribution in [-0.4, -0.2) is 76.8 Å². The van der Waals surface area contributed by atoms with E-state index >= 15 is 0 Å². The van der Waals surface area contributed by atoms with Crippen LogP contribution in [0.4, 0.5) is 0 Å². The second kappa shape index (κ2) is 18.0. The molecule has 0 aliphatic carbocycles. The quantitative estimate of drug-likeness (QED) is 0.0923. The van der Waals surface area contributed by atoms with Crippen LogP contribution in [0, 0.1) is 0 Å². The number of nitrogens with one attached hydrogen (secondary N) is 2. The van der Waals surface area contributed by atoms with Crippen molar-refractivity contribution in [3.63, 3.8) is 0 Å². The molecule has 3 aliphatic heterocycles. The van der Waals surface area contributed by atoms with Crippen LogP contribution >= 0.6 is 0 Å². The van der Waals surface area contributed by atoms with Crippen LogP contribution in [0.1, 0.15) is 92.4 Å². The second-order valence-electron chi connectivity index (χ2n) is 13.9. The predicted octanol–water partition coefficient (Wildman–Crippen LogP) is 5.63. The third-order valence-corrected chi connectivity index (χ3v) is 10.4. The SMILES string of the molecule is O=C(CCCCC(=O)NCc1ccccc1-c1ccc([C@H]2O[C@@H](CN3CCC[C@H]3CN3CCCC3)C[C@@H](c3ccc(CO)cc3)O2)cc1)NO. The fraction of sp³-hybridized carbons (Fsp3) is 0.500. The Kier molecular flexibility index (Phi) is 13.0. The van der Waals surface area contributed by atoms with Gasteiger partial charge in [-0.3, -0.25) is 19.7 Å². The molecule has 0 saturated carbocycles. The van der Waals surface area contributed by atoms with E-state index in [9.17, 15) is 14.7 Å². The molecule has 3 saturated heterocycles. The van der Waals surface area contributed by atoms with E-state index in [0.29, 0.717) is 31.8 Å². The Morgan fingerprint density at radius 3 is 2.26 bits per heavy atom. The lowest BCUT2D eigenvalue weighted by atomic mass is 9.97. The van der Waals surface area contributed by atoms with E-state index in [0.717, 1.165) is 59.4 Å². The minimum absolute atomic E-state index is 0.0166. The Bertz CT molecular complexity index is 1530. The summed E-state index contributed by atoms with van der Waals surface area (Å²) >= 11 is 0. The van der Waals surface area contributed by atoms with Gasteiger partial charge in [0.1, 0.15) is 0 Å². The number of amides is 2. The Morgan fingerprint density at radius 1 is 0.800 bits per heavy atom. The number of rotatable bonds is 15. The summed E-state index contributed by atoms with van der Waals surface area (Å²) in [5, 5.41) is 21.2. The highest BCUT2D eigenvalue weighted by molar-refractivity contribution is 5.77. The molecule has 0 bridgehead atoms. The first kappa shape index (κ1) is 36.2. The normalized spacial score (nSPS) is 22.8. The maximum Gasteiger partial charge on any atom is 0.243 e. The van der Waals surface area contributed by atoms with Crippen LogP contribution < -0.4 is 10.8 Å². The Balaban J connectivity index is 1.12. The fourth-order valence-electron chi connectivity index (χ4n) is 7.59. The number of nitrogens with zero attached hydrogens (tertiary/aromatic N) is 2. The number of aliphatic hydroxyl groups is 1.